The van der Waals surface area contributed by atoms with Crippen molar-refractivity contribution in [1.29, 1.82) is 0 Å². The van der Waals surface area contributed by atoms with Gasteiger partial charge in [0, 0.05) is 43.3 Å². The highest BCUT2D eigenvalue weighted by atomic mass is 19.1. The van der Waals surface area contributed by atoms with Crippen molar-refractivity contribution < 1.29 is 27.4 Å². The summed E-state index contributed by atoms with van der Waals surface area (Å²) in [6.45, 7) is 3.12. The van der Waals surface area contributed by atoms with Crippen LogP contribution in [-0.4, -0.2) is 41.2 Å². The molecule has 1 saturated carbocycles. The van der Waals surface area contributed by atoms with Gasteiger partial charge in [0.15, 0.2) is 11.5 Å². The van der Waals surface area contributed by atoms with Crippen LogP contribution in [0.5, 0.6) is 5.75 Å². The zero-order chi connectivity index (χ0) is 28.4. The first kappa shape index (κ1) is 27.9. The number of hydrogen-bond donors (Lipinski definition) is 3. The third-order valence-corrected chi connectivity index (χ3v) is 7.47. The second-order valence-corrected chi connectivity index (χ2v) is 10.6. The molecule has 0 radical (unpaired) electrons. The van der Waals surface area contributed by atoms with E-state index >= 15 is 8.78 Å². The average Bonchev–Trinajstić information content (AvgIpc) is 2.90. The van der Waals surface area contributed by atoms with Crippen LogP contribution in [0.25, 0.3) is 11.3 Å². The van der Waals surface area contributed by atoms with Crippen molar-refractivity contribution in [2.24, 2.45) is 11.7 Å². The summed E-state index contributed by atoms with van der Waals surface area (Å²) in [7, 11) is 0. The molecule has 2 aromatic heterocycles. The van der Waals surface area contributed by atoms with Gasteiger partial charge in [0.1, 0.15) is 29.2 Å². The van der Waals surface area contributed by atoms with E-state index in [1.807, 2.05) is 6.07 Å². The lowest BCUT2D eigenvalue weighted by Crippen LogP contribution is -2.31. The van der Waals surface area contributed by atoms with Crippen molar-refractivity contribution in [2.75, 3.05) is 24.3 Å². The number of nitrogens with one attached hydrogen (secondary N) is 1. The number of pyridine rings is 2. The number of benzene rings is 1. The quantitative estimate of drug-likeness (QED) is 0.383. The van der Waals surface area contributed by atoms with E-state index in [9.17, 15) is 9.18 Å². The highest BCUT2D eigenvalue weighted by molar-refractivity contribution is 6.07. The summed E-state index contributed by atoms with van der Waals surface area (Å²) in [6.07, 6.45) is 6.66. The number of nitrogens with two attached hydrogens (primary N) is 2. The van der Waals surface area contributed by atoms with E-state index in [2.05, 4.69) is 22.2 Å². The van der Waals surface area contributed by atoms with E-state index in [4.69, 9.17) is 20.9 Å². The fourth-order valence-corrected chi connectivity index (χ4v) is 5.65. The van der Waals surface area contributed by atoms with Crippen LogP contribution in [0.2, 0.25) is 0 Å². The summed E-state index contributed by atoms with van der Waals surface area (Å²) in [4.78, 5) is 21.4. The summed E-state index contributed by atoms with van der Waals surface area (Å²) in [6, 6.07) is 4.65. The first-order valence-corrected chi connectivity index (χ1v) is 13.4. The largest absolute Gasteiger partial charge is 0.490 e. The zero-order valence-electron chi connectivity index (χ0n) is 22.1. The molecule has 3 atom stereocenters. The Morgan fingerprint density at radius 3 is 2.50 bits per heavy atom. The van der Waals surface area contributed by atoms with Gasteiger partial charge in [-0.2, -0.15) is 0 Å². The number of hydrogen-bond acceptors (Lipinski definition) is 7. The molecule has 40 heavy (non-hydrogen) atoms. The van der Waals surface area contributed by atoms with Gasteiger partial charge in [-0.05, 0) is 42.7 Å². The highest BCUT2D eigenvalue weighted by Crippen LogP contribution is 2.39. The normalized spacial score (nSPS) is 21.7. The minimum Gasteiger partial charge on any atom is -0.490 e. The van der Waals surface area contributed by atoms with E-state index in [0.29, 0.717) is 37.7 Å². The molecular formula is C29H32F3N5O3. The van der Waals surface area contributed by atoms with Gasteiger partial charge in [-0.3, -0.25) is 9.78 Å². The molecular weight excluding hydrogens is 523 g/mol. The van der Waals surface area contributed by atoms with Crippen molar-refractivity contribution in [3.05, 3.63) is 65.4 Å². The number of ether oxygens (including phenoxy) is 2. The van der Waals surface area contributed by atoms with Crippen LogP contribution in [0, 0.1) is 23.4 Å². The van der Waals surface area contributed by atoms with Gasteiger partial charge < -0.3 is 26.3 Å². The van der Waals surface area contributed by atoms with Crippen molar-refractivity contribution >= 4 is 17.3 Å². The van der Waals surface area contributed by atoms with E-state index in [-0.39, 0.29) is 35.2 Å². The third-order valence-electron chi connectivity index (χ3n) is 7.47. The lowest BCUT2D eigenvalue weighted by Gasteiger charge is -2.32. The van der Waals surface area contributed by atoms with Crippen molar-refractivity contribution in [1.82, 2.24) is 9.97 Å². The predicted molar refractivity (Wildman–Crippen MR) is 144 cm³/mol. The molecule has 1 aliphatic carbocycles. The fraction of sp³-hybridized carbons (Fsp3) is 0.414. The van der Waals surface area contributed by atoms with E-state index < -0.39 is 34.6 Å². The second-order valence-electron chi connectivity index (χ2n) is 10.6. The van der Waals surface area contributed by atoms with Gasteiger partial charge in [0.2, 0.25) is 0 Å². The van der Waals surface area contributed by atoms with Crippen molar-refractivity contribution in [3.8, 4) is 17.0 Å². The first-order valence-electron chi connectivity index (χ1n) is 13.4. The van der Waals surface area contributed by atoms with Crippen LogP contribution < -0.4 is 21.5 Å². The Labute approximate surface area is 230 Å². The summed E-state index contributed by atoms with van der Waals surface area (Å²) in [5.74, 6) is -3.50. The number of carbonyl (C=O) groups excluding carboxylic acids is 1. The number of nitrogens with zero attached hydrogens (tertiary/aromatic N) is 2. The molecule has 3 heterocycles. The number of rotatable bonds is 6. The molecule has 1 aromatic carbocycles. The Morgan fingerprint density at radius 1 is 1.07 bits per heavy atom. The molecule has 2 fully saturated rings. The molecule has 0 bridgehead atoms. The smallest absolute Gasteiger partial charge is 0.276 e. The van der Waals surface area contributed by atoms with E-state index in [0.717, 1.165) is 43.0 Å². The second kappa shape index (κ2) is 11.8. The molecule has 5 N–H and O–H groups in total. The maximum absolute atomic E-state index is 15.1. The molecule has 8 nitrogen and oxygen atoms in total. The van der Waals surface area contributed by atoms with Crippen LogP contribution >= 0.6 is 0 Å². The Bertz CT molecular complexity index is 1370. The highest BCUT2D eigenvalue weighted by Gasteiger charge is 2.29. The fourth-order valence-electron chi connectivity index (χ4n) is 5.65. The predicted octanol–water partition coefficient (Wildman–Crippen LogP) is 5.18. The molecule has 3 aromatic rings. The lowest BCUT2D eigenvalue weighted by atomic mass is 9.76. The molecule has 1 saturated heterocycles. The molecule has 0 spiro atoms. The molecule has 11 heteroatoms. The lowest BCUT2D eigenvalue weighted by molar-refractivity contribution is 0.0253. The summed E-state index contributed by atoms with van der Waals surface area (Å²) in [5.41, 5.74) is 11.4. The first-order chi connectivity index (χ1) is 19.2. The molecule has 1 amide bonds. The Hall–Kier alpha value is -3.70. The SMILES string of the molecule is C[C@@H]1C[C@H](N)C[C@H](c2ccncc2NC(=O)c2nc(-c3c(F)cc(OC4CCOCC4)cc3F)c(F)cc2N)C1. The summed E-state index contributed by atoms with van der Waals surface area (Å²) in [5, 5.41) is 2.75. The maximum Gasteiger partial charge on any atom is 0.276 e. The van der Waals surface area contributed by atoms with Crippen molar-refractivity contribution in [3.63, 3.8) is 0 Å². The van der Waals surface area contributed by atoms with Gasteiger partial charge in [-0.25, -0.2) is 18.2 Å². The number of nitrogen functional groups attached to an aromatic ring is 1. The third kappa shape index (κ3) is 6.05. The average molecular weight is 556 g/mol. The molecule has 5 rings (SSSR count). The maximum atomic E-state index is 15.1. The number of anilines is 2. The van der Waals surface area contributed by atoms with Crippen molar-refractivity contribution in [2.45, 2.75) is 57.1 Å². The van der Waals surface area contributed by atoms with Gasteiger partial charge in [0.05, 0.1) is 36.3 Å². The van der Waals surface area contributed by atoms with E-state index in [1.165, 1.54) is 6.20 Å². The van der Waals surface area contributed by atoms with Gasteiger partial charge in [-0.1, -0.05) is 6.92 Å². The number of aromatic nitrogens is 2. The minimum absolute atomic E-state index is 0.0275. The molecule has 0 unspecified atom stereocenters. The standard InChI is InChI=1S/C29H32F3N5O3/c1-15-8-16(10-17(33)9-15)20-2-5-35-14-25(20)36-29(38)28-24(34)13-23(32)27(37-28)26-21(30)11-19(12-22(26)31)40-18-3-6-39-7-4-18/h2,5,11-18H,3-4,6-10,33-34H2,1H3,(H,36,38)/t15-,16+,17-/m0/s1. The van der Waals surface area contributed by atoms with Gasteiger partial charge >= 0.3 is 0 Å². The Morgan fingerprint density at radius 2 is 1.80 bits per heavy atom. The summed E-state index contributed by atoms with van der Waals surface area (Å²) >= 11 is 0. The molecule has 1 aliphatic heterocycles. The van der Waals surface area contributed by atoms with Crippen LogP contribution in [0.4, 0.5) is 24.5 Å². The number of amides is 1. The molecule has 2 aliphatic rings. The van der Waals surface area contributed by atoms with Crippen LogP contribution in [0.3, 0.4) is 0 Å². The Kier molecular flexibility index (Phi) is 8.22. The van der Waals surface area contributed by atoms with Gasteiger partial charge in [-0.15, -0.1) is 0 Å². The minimum atomic E-state index is -1.08. The monoisotopic (exact) mass is 555 g/mol. The number of halogens is 3. The van der Waals surface area contributed by atoms with Crippen LogP contribution in [0.15, 0.2) is 36.7 Å². The number of carbonyl (C=O) groups is 1. The van der Waals surface area contributed by atoms with Gasteiger partial charge in [0.25, 0.3) is 5.91 Å². The zero-order valence-corrected chi connectivity index (χ0v) is 22.1. The Balaban J connectivity index is 1.42. The van der Waals surface area contributed by atoms with Crippen LogP contribution in [-0.2, 0) is 4.74 Å². The van der Waals surface area contributed by atoms with E-state index in [1.54, 1.807) is 6.20 Å². The summed E-state index contributed by atoms with van der Waals surface area (Å²) < 4.78 is 56.2. The topological polar surface area (TPSA) is 125 Å². The van der Waals surface area contributed by atoms with Crippen LogP contribution in [0.1, 0.15) is 61.0 Å². The molecule has 212 valence electrons.